The lowest BCUT2D eigenvalue weighted by Gasteiger charge is -2.07. The van der Waals surface area contributed by atoms with Gasteiger partial charge in [0.1, 0.15) is 11.5 Å². The van der Waals surface area contributed by atoms with Gasteiger partial charge in [0.2, 0.25) is 0 Å². The molecule has 0 fully saturated rings. The van der Waals surface area contributed by atoms with Gasteiger partial charge in [-0.2, -0.15) is 0 Å². The van der Waals surface area contributed by atoms with Crippen molar-refractivity contribution in [3.05, 3.63) is 41.5 Å². The van der Waals surface area contributed by atoms with Crippen molar-refractivity contribution in [3.63, 3.8) is 0 Å². The SMILES string of the molecule is O=C(O)Cc1cnnn1-c1c(F)cc(F)cc1F. The van der Waals surface area contributed by atoms with Gasteiger partial charge in [0.05, 0.1) is 18.3 Å². The number of hydrogen-bond acceptors (Lipinski definition) is 3. The molecule has 2 rings (SSSR count). The molecule has 1 N–H and O–H groups in total. The number of carbonyl (C=O) groups is 1. The Morgan fingerprint density at radius 1 is 1.28 bits per heavy atom. The van der Waals surface area contributed by atoms with Crippen molar-refractivity contribution in [2.75, 3.05) is 0 Å². The molecule has 2 aromatic rings. The van der Waals surface area contributed by atoms with Crippen LogP contribution in [0.4, 0.5) is 13.2 Å². The van der Waals surface area contributed by atoms with Gasteiger partial charge in [0, 0.05) is 12.1 Å². The van der Waals surface area contributed by atoms with E-state index in [4.69, 9.17) is 5.11 Å². The summed E-state index contributed by atoms with van der Waals surface area (Å²) in [7, 11) is 0. The van der Waals surface area contributed by atoms with Gasteiger partial charge < -0.3 is 5.11 Å². The summed E-state index contributed by atoms with van der Waals surface area (Å²) in [5.74, 6) is -4.66. The van der Waals surface area contributed by atoms with Gasteiger partial charge in [0.15, 0.2) is 11.6 Å². The van der Waals surface area contributed by atoms with Crippen molar-refractivity contribution in [1.82, 2.24) is 15.0 Å². The number of carboxylic acids is 1. The van der Waals surface area contributed by atoms with Gasteiger partial charge in [-0.25, -0.2) is 17.9 Å². The molecule has 8 heteroatoms. The molecule has 0 aliphatic rings. The van der Waals surface area contributed by atoms with Crippen molar-refractivity contribution in [1.29, 1.82) is 0 Å². The predicted molar refractivity (Wildman–Crippen MR) is 52.6 cm³/mol. The minimum atomic E-state index is -1.21. The Bertz CT molecular complexity index is 589. The van der Waals surface area contributed by atoms with E-state index in [1.807, 2.05) is 0 Å². The van der Waals surface area contributed by atoms with Gasteiger partial charge in [-0.05, 0) is 0 Å². The first-order chi connectivity index (χ1) is 8.49. The predicted octanol–water partition coefficient (Wildman–Crippen LogP) is 1.31. The number of benzene rings is 1. The van der Waals surface area contributed by atoms with Crippen LogP contribution in [0, 0.1) is 17.5 Å². The second kappa shape index (κ2) is 4.47. The maximum Gasteiger partial charge on any atom is 0.309 e. The summed E-state index contributed by atoms with van der Waals surface area (Å²) in [4.78, 5) is 10.6. The number of halogens is 3. The summed E-state index contributed by atoms with van der Waals surface area (Å²) in [5, 5.41) is 15.4. The molecule has 0 aliphatic heterocycles. The van der Waals surface area contributed by atoms with Crippen molar-refractivity contribution >= 4 is 5.97 Å². The van der Waals surface area contributed by atoms with E-state index in [1.165, 1.54) is 0 Å². The molecule has 1 aromatic carbocycles. The molecular weight excluding hydrogens is 251 g/mol. The van der Waals surface area contributed by atoms with Crippen LogP contribution >= 0.6 is 0 Å². The molecule has 94 valence electrons. The Kier molecular flexibility index (Phi) is 3.00. The third-order valence-electron chi connectivity index (χ3n) is 2.15. The number of rotatable bonds is 3. The van der Waals surface area contributed by atoms with Crippen LogP contribution in [0.1, 0.15) is 5.69 Å². The normalized spacial score (nSPS) is 10.6. The topological polar surface area (TPSA) is 68.0 Å². The number of aromatic nitrogens is 3. The minimum Gasteiger partial charge on any atom is -0.481 e. The Morgan fingerprint density at radius 2 is 1.89 bits per heavy atom. The molecule has 0 atom stereocenters. The van der Waals surface area contributed by atoms with E-state index in [-0.39, 0.29) is 5.69 Å². The van der Waals surface area contributed by atoms with E-state index in [1.54, 1.807) is 0 Å². The fourth-order valence-corrected chi connectivity index (χ4v) is 1.46. The summed E-state index contributed by atoms with van der Waals surface area (Å²) in [5.41, 5.74) is -0.683. The van der Waals surface area contributed by atoms with Crippen LogP contribution in [0.5, 0.6) is 0 Å². The standard InChI is InChI=1S/C10H6F3N3O2/c11-5-1-7(12)10(8(13)2-5)16-6(3-9(17)18)4-14-15-16/h1-2,4H,3H2,(H,17,18). The lowest BCUT2D eigenvalue weighted by atomic mass is 10.2. The molecule has 0 unspecified atom stereocenters. The summed E-state index contributed by atoms with van der Waals surface area (Å²) < 4.78 is 40.4. The molecule has 1 heterocycles. The van der Waals surface area contributed by atoms with Crippen LogP contribution in [0.15, 0.2) is 18.3 Å². The van der Waals surface area contributed by atoms with E-state index in [0.717, 1.165) is 6.20 Å². The zero-order valence-electron chi connectivity index (χ0n) is 8.77. The average molecular weight is 257 g/mol. The van der Waals surface area contributed by atoms with Gasteiger partial charge >= 0.3 is 5.97 Å². The molecule has 0 radical (unpaired) electrons. The van der Waals surface area contributed by atoms with E-state index < -0.39 is 35.5 Å². The summed E-state index contributed by atoms with van der Waals surface area (Å²) in [6, 6.07) is 0.954. The fraction of sp³-hybridized carbons (Fsp3) is 0.100. The van der Waals surface area contributed by atoms with Crippen LogP contribution in [0.2, 0.25) is 0 Å². The van der Waals surface area contributed by atoms with Crippen molar-refractivity contribution < 1.29 is 23.1 Å². The molecule has 0 saturated heterocycles. The first-order valence-electron chi connectivity index (χ1n) is 4.75. The molecular formula is C10H6F3N3O2. The molecule has 5 nitrogen and oxygen atoms in total. The fourth-order valence-electron chi connectivity index (χ4n) is 1.46. The first kappa shape index (κ1) is 12.1. The highest BCUT2D eigenvalue weighted by Gasteiger charge is 2.18. The number of nitrogens with zero attached hydrogens (tertiary/aromatic N) is 3. The highest BCUT2D eigenvalue weighted by atomic mass is 19.1. The lowest BCUT2D eigenvalue weighted by Crippen LogP contribution is -2.11. The number of aliphatic carboxylic acids is 1. The van der Waals surface area contributed by atoms with E-state index in [9.17, 15) is 18.0 Å². The zero-order valence-corrected chi connectivity index (χ0v) is 8.77. The quantitative estimate of drug-likeness (QED) is 0.900. The first-order valence-corrected chi connectivity index (χ1v) is 4.75. The lowest BCUT2D eigenvalue weighted by molar-refractivity contribution is -0.136. The molecule has 0 spiro atoms. The Morgan fingerprint density at radius 3 is 2.44 bits per heavy atom. The highest BCUT2D eigenvalue weighted by molar-refractivity contribution is 5.69. The molecule has 18 heavy (non-hydrogen) atoms. The molecule has 0 bridgehead atoms. The van der Waals surface area contributed by atoms with E-state index >= 15 is 0 Å². The van der Waals surface area contributed by atoms with Gasteiger partial charge in [-0.3, -0.25) is 4.79 Å². The van der Waals surface area contributed by atoms with Gasteiger partial charge in [0.25, 0.3) is 0 Å². The van der Waals surface area contributed by atoms with Gasteiger partial charge in [-0.15, -0.1) is 5.10 Å². The summed E-state index contributed by atoms with van der Waals surface area (Å²) >= 11 is 0. The van der Waals surface area contributed by atoms with E-state index in [0.29, 0.717) is 16.8 Å². The van der Waals surface area contributed by atoms with Crippen LogP contribution in [-0.2, 0) is 11.2 Å². The maximum atomic E-state index is 13.5. The highest BCUT2D eigenvalue weighted by Crippen LogP contribution is 2.20. The third-order valence-corrected chi connectivity index (χ3v) is 2.15. The van der Waals surface area contributed by atoms with Crippen LogP contribution in [0.3, 0.4) is 0 Å². The molecule has 0 saturated carbocycles. The van der Waals surface area contributed by atoms with Crippen molar-refractivity contribution in [2.45, 2.75) is 6.42 Å². The average Bonchev–Trinajstić information content (AvgIpc) is 2.63. The Labute approximate surface area is 98.5 Å². The second-order valence-corrected chi connectivity index (χ2v) is 3.43. The third kappa shape index (κ3) is 2.17. The largest absolute Gasteiger partial charge is 0.481 e. The minimum absolute atomic E-state index is 0.0214. The van der Waals surface area contributed by atoms with Gasteiger partial charge in [-0.1, -0.05) is 5.21 Å². The maximum absolute atomic E-state index is 13.5. The van der Waals surface area contributed by atoms with Crippen molar-refractivity contribution in [2.24, 2.45) is 0 Å². The summed E-state index contributed by atoms with van der Waals surface area (Å²) in [6.45, 7) is 0. The molecule has 0 aliphatic carbocycles. The molecule has 0 amide bonds. The zero-order chi connectivity index (χ0) is 13.3. The second-order valence-electron chi connectivity index (χ2n) is 3.43. The van der Waals surface area contributed by atoms with Crippen LogP contribution < -0.4 is 0 Å². The number of carboxylic acid groups (broad SMARTS) is 1. The number of hydrogen-bond donors (Lipinski definition) is 1. The Hall–Kier alpha value is -2.38. The van der Waals surface area contributed by atoms with Crippen LogP contribution in [-0.4, -0.2) is 26.1 Å². The van der Waals surface area contributed by atoms with E-state index in [2.05, 4.69) is 10.3 Å². The smallest absolute Gasteiger partial charge is 0.309 e. The van der Waals surface area contributed by atoms with Crippen LogP contribution in [0.25, 0.3) is 5.69 Å². The molecule has 1 aromatic heterocycles. The summed E-state index contributed by atoms with van der Waals surface area (Å²) in [6.07, 6.45) is 0.555. The Balaban J connectivity index is 2.56. The van der Waals surface area contributed by atoms with Crippen molar-refractivity contribution in [3.8, 4) is 5.69 Å². The monoisotopic (exact) mass is 257 g/mol.